The number of rotatable bonds is 2. The number of ether oxygens (including phenoxy) is 2. The van der Waals surface area contributed by atoms with Crippen LogP contribution in [0.2, 0.25) is 0 Å². The maximum atomic E-state index is 10.3. The molecule has 3 atom stereocenters. The summed E-state index contributed by atoms with van der Waals surface area (Å²) in [5, 5.41) is 13.1. The van der Waals surface area contributed by atoms with Gasteiger partial charge in [-0.3, -0.25) is 0 Å². The van der Waals surface area contributed by atoms with Crippen molar-refractivity contribution in [1.29, 1.82) is 0 Å². The Morgan fingerprint density at radius 3 is 3.18 bits per heavy atom. The maximum Gasteiger partial charge on any atom is 0.121 e. The van der Waals surface area contributed by atoms with Crippen LogP contribution in [0.3, 0.4) is 0 Å². The highest BCUT2D eigenvalue weighted by Crippen LogP contribution is 2.41. The average Bonchev–Trinajstić information content (AvgIpc) is 3.00. The van der Waals surface area contributed by atoms with Crippen LogP contribution in [0, 0.1) is 5.92 Å². The van der Waals surface area contributed by atoms with Gasteiger partial charge in [0.05, 0.1) is 12.2 Å². The van der Waals surface area contributed by atoms with Crippen LogP contribution in [0.15, 0.2) is 11.6 Å². The molecule has 1 aromatic rings. The Bertz CT molecular complexity index is 362. The molecular formula is C12H17NO3S. The standard InChI is InChI=1S/C12H17NO3S/c14-10(11-13-3-6-17-11)9-1-4-16-12(7-9)2-5-15-8-12/h3,6,9-10,14H,1-2,4-5,7-8H2. The zero-order valence-corrected chi connectivity index (χ0v) is 10.5. The van der Waals surface area contributed by atoms with Crippen LogP contribution in [-0.2, 0) is 9.47 Å². The Kier molecular flexibility index (Phi) is 3.17. The topological polar surface area (TPSA) is 51.6 Å². The lowest BCUT2D eigenvalue weighted by Gasteiger charge is -2.38. The predicted octanol–water partition coefficient (Wildman–Crippen LogP) is 1.76. The third-order valence-corrected chi connectivity index (χ3v) is 4.60. The molecule has 2 saturated heterocycles. The van der Waals surface area contributed by atoms with Crippen molar-refractivity contribution in [2.45, 2.75) is 31.0 Å². The van der Waals surface area contributed by atoms with Crippen molar-refractivity contribution in [3.8, 4) is 0 Å². The summed E-state index contributed by atoms with van der Waals surface area (Å²) in [5.74, 6) is 0.247. The molecule has 2 fully saturated rings. The van der Waals surface area contributed by atoms with E-state index in [0.29, 0.717) is 6.61 Å². The van der Waals surface area contributed by atoms with Gasteiger partial charge in [0.25, 0.3) is 0 Å². The molecule has 0 bridgehead atoms. The minimum atomic E-state index is -0.448. The van der Waals surface area contributed by atoms with Gasteiger partial charge < -0.3 is 14.6 Å². The van der Waals surface area contributed by atoms with Crippen LogP contribution in [0.1, 0.15) is 30.4 Å². The molecule has 0 saturated carbocycles. The van der Waals surface area contributed by atoms with Crippen LogP contribution in [-0.4, -0.2) is 35.5 Å². The summed E-state index contributed by atoms with van der Waals surface area (Å²) in [6.45, 7) is 2.17. The third kappa shape index (κ3) is 2.25. The first-order chi connectivity index (χ1) is 8.29. The zero-order chi connectivity index (χ0) is 11.7. The molecular weight excluding hydrogens is 238 g/mol. The number of hydrogen-bond donors (Lipinski definition) is 1. The molecule has 0 amide bonds. The van der Waals surface area contributed by atoms with Gasteiger partial charge in [-0.05, 0) is 18.8 Å². The lowest BCUT2D eigenvalue weighted by molar-refractivity contribution is -0.117. The van der Waals surface area contributed by atoms with Crippen LogP contribution in [0.4, 0.5) is 0 Å². The Hall–Kier alpha value is -0.490. The summed E-state index contributed by atoms with van der Waals surface area (Å²) in [6, 6.07) is 0. The van der Waals surface area contributed by atoms with E-state index in [1.54, 1.807) is 6.20 Å². The number of hydrogen-bond acceptors (Lipinski definition) is 5. The lowest BCUT2D eigenvalue weighted by atomic mass is 9.82. The summed E-state index contributed by atoms with van der Waals surface area (Å²) >= 11 is 1.52. The molecule has 3 unspecified atom stereocenters. The fourth-order valence-electron chi connectivity index (χ4n) is 2.78. The Labute approximate surface area is 105 Å². The molecule has 2 aliphatic heterocycles. The van der Waals surface area contributed by atoms with Gasteiger partial charge in [0.2, 0.25) is 0 Å². The van der Waals surface area contributed by atoms with E-state index >= 15 is 0 Å². The summed E-state index contributed by atoms with van der Waals surface area (Å²) in [6.07, 6.45) is 4.04. The monoisotopic (exact) mass is 255 g/mol. The molecule has 5 heteroatoms. The van der Waals surface area contributed by atoms with Crippen molar-refractivity contribution < 1.29 is 14.6 Å². The van der Waals surface area contributed by atoms with Crippen LogP contribution in [0.25, 0.3) is 0 Å². The highest BCUT2D eigenvalue weighted by Gasteiger charge is 2.43. The average molecular weight is 255 g/mol. The van der Waals surface area contributed by atoms with Gasteiger partial charge in [-0.15, -0.1) is 11.3 Å². The Balaban J connectivity index is 1.71. The van der Waals surface area contributed by atoms with Crippen molar-refractivity contribution in [2.24, 2.45) is 5.92 Å². The highest BCUT2D eigenvalue weighted by molar-refractivity contribution is 7.09. The van der Waals surface area contributed by atoms with Gasteiger partial charge >= 0.3 is 0 Å². The van der Waals surface area contributed by atoms with Gasteiger partial charge in [-0.2, -0.15) is 0 Å². The molecule has 3 heterocycles. The quantitative estimate of drug-likeness (QED) is 0.875. The van der Waals surface area contributed by atoms with Crippen molar-refractivity contribution >= 4 is 11.3 Å². The summed E-state index contributed by atoms with van der Waals surface area (Å²) in [7, 11) is 0. The van der Waals surface area contributed by atoms with Crippen molar-refractivity contribution in [2.75, 3.05) is 19.8 Å². The Morgan fingerprint density at radius 1 is 1.53 bits per heavy atom. The number of nitrogens with zero attached hydrogens (tertiary/aromatic N) is 1. The number of aliphatic hydroxyl groups excluding tert-OH is 1. The molecule has 0 radical (unpaired) electrons. The summed E-state index contributed by atoms with van der Waals surface area (Å²) < 4.78 is 11.3. The summed E-state index contributed by atoms with van der Waals surface area (Å²) in [4.78, 5) is 4.20. The molecule has 0 aliphatic carbocycles. The van der Waals surface area contributed by atoms with E-state index in [4.69, 9.17) is 9.47 Å². The van der Waals surface area contributed by atoms with Gasteiger partial charge in [0.1, 0.15) is 11.1 Å². The van der Waals surface area contributed by atoms with E-state index in [-0.39, 0.29) is 11.5 Å². The number of thiazole rings is 1. The fraction of sp³-hybridized carbons (Fsp3) is 0.750. The van der Waals surface area contributed by atoms with Crippen LogP contribution < -0.4 is 0 Å². The second-order valence-corrected chi connectivity index (χ2v) is 5.83. The first kappa shape index (κ1) is 11.6. The minimum Gasteiger partial charge on any atom is -0.386 e. The van der Waals surface area contributed by atoms with Gasteiger partial charge in [-0.1, -0.05) is 0 Å². The molecule has 17 heavy (non-hydrogen) atoms. The second kappa shape index (κ2) is 4.65. The largest absolute Gasteiger partial charge is 0.386 e. The normalized spacial score (nSPS) is 35.2. The smallest absolute Gasteiger partial charge is 0.121 e. The van der Waals surface area contributed by atoms with E-state index in [2.05, 4.69) is 4.98 Å². The molecule has 3 rings (SSSR count). The zero-order valence-electron chi connectivity index (χ0n) is 9.67. The highest BCUT2D eigenvalue weighted by atomic mass is 32.1. The van der Waals surface area contributed by atoms with Gasteiger partial charge in [0, 0.05) is 31.2 Å². The molecule has 1 spiro atoms. The van der Waals surface area contributed by atoms with Crippen molar-refractivity contribution in [3.05, 3.63) is 16.6 Å². The first-order valence-electron chi connectivity index (χ1n) is 6.08. The molecule has 0 aromatic carbocycles. The minimum absolute atomic E-state index is 0.138. The van der Waals surface area contributed by atoms with Gasteiger partial charge in [-0.25, -0.2) is 4.98 Å². The van der Waals surface area contributed by atoms with E-state index in [1.165, 1.54) is 11.3 Å². The van der Waals surface area contributed by atoms with Crippen molar-refractivity contribution in [3.63, 3.8) is 0 Å². The molecule has 1 aromatic heterocycles. The number of aliphatic hydroxyl groups is 1. The predicted molar refractivity (Wildman–Crippen MR) is 63.9 cm³/mol. The Morgan fingerprint density at radius 2 is 2.47 bits per heavy atom. The van der Waals surface area contributed by atoms with Crippen molar-refractivity contribution in [1.82, 2.24) is 4.98 Å². The van der Waals surface area contributed by atoms with E-state index in [9.17, 15) is 5.11 Å². The van der Waals surface area contributed by atoms with Crippen LogP contribution in [0.5, 0.6) is 0 Å². The maximum absolute atomic E-state index is 10.3. The SMILES string of the molecule is OC(c1nccs1)C1CCOC2(CCOC2)C1. The number of aromatic nitrogens is 1. The lowest BCUT2D eigenvalue weighted by Crippen LogP contribution is -2.41. The molecule has 2 aliphatic rings. The van der Waals surface area contributed by atoms with E-state index < -0.39 is 6.10 Å². The van der Waals surface area contributed by atoms with Crippen LogP contribution >= 0.6 is 11.3 Å². The third-order valence-electron chi connectivity index (χ3n) is 3.75. The summed E-state index contributed by atoms with van der Waals surface area (Å²) in [5.41, 5.74) is -0.138. The molecule has 94 valence electrons. The van der Waals surface area contributed by atoms with E-state index in [1.807, 2.05) is 5.38 Å². The first-order valence-corrected chi connectivity index (χ1v) is 6.96. The molecule has 4 nitrogen and oxygen atoms in total. The fourth-order valence-corrected chi connectivity index (χ4v) is 3.50. The van der Waals surface area contributed by atoms with Gasteiger partial charge in [0.15, 0.2) is 0 Å². The second-order valence-electron chi connectivity index (χ2n) is 4.90. The van der Waals surface area contributed by atoms with E-state index in [0.717, 1.165) is 37.5 Å². The molecule has 1 N–H and O–H groups in total.